The molecular formula is C21H18N4O4. The van der Waals surface area contributed by atoms with Gasteiger partial charge in [-0.15, -0.1) is 0 Å². The molecule has 0 spiro atoms. The van der Waals surface area contributed by atoms with Crippen LogP contribution in [0.15, 0.2) is 47.1 Å². The van der Waals surface area contributed by atoms with Crippen molar-refractivity contribution in [3.63, 3.8) is 0 Å². The van der Waals surface area contributed by atoms with Crippen molar-refractivity contribution in [2.75, 3.05) is 18.5 Å². The molecule has 4 aromatic rings. The van der Waals surface area contributed by atoms with E-state index in [2.05, 4.69) is 15.4 Å². The first kappa shape index (κ1) is 17.3. The molecule has 8 nitrogen and oxygen atoms in total. The molecular weight excluding hydrogens is 372 g/mol. The molecule has 0 bridgehead atoms. The summed E-state index contributed by atoms with van der Waals surface area (Å²) in [5.41, 5.74) is 3.00. The number of aryl methyl sites for hydroxylation is 2. The third-order valence-electron chi connectivity index (χ3n) is 4.79. The smallest absolute Gasteiger partial charge is 0.256 e. The molecule has 8 heteroatoms. The summed E-state index contributed by atoms with van der Waals surface area (Å²) in [5.74, 6) is 1.60. The first-order valence-electron chi connectivity index (χ1n) is 9.19. The molecule has 3 aromatic heterocycles. The minimum Gasteiger partial charge on any atom is -0.486 e. The zero-order valence-corrected chi connectivity index (χ0v) is 15.9. The van der Waals surface area contributed by atoms with E-state index in [1.54, 1.807) is 54.4 Å². The summed E-state index contributed by atoms with van der Waals surface area (Å²) in [5, 5.41) is 8.07. The number of benzene rings is 1. The summed E-state index contributed by atoms with van der Waals surface area (Å²) in [6.45, 7) is 2.86. The lowest BCUT2D eigenvalue weighted by atomic mass is 10.1. The number of ether oxygens (including phenoxy) is 2. The summed E-state index contributed by atoms with van der Waals surface area (Å²) in [7, 11) is 1.80. The van der Waals surface area contributed by atoms with Gasteiger partial charge in [-0.3, -0.25) is 9.48 Å². The third kappa shape index (κ3) is 2.98. The zero-order chi connectivity index (χ0) is 20.0. The molecule has 0 aliphatic carbocycles. The van der Waals surface area contributed by atoms with Gasteiger partial charge in [-0.1, -0.05) is 0 Å². The molecule has 1 aliphatic heterocycles. The average molecular weight is 390 g/mol. The maximum Gasteiger partial charge on any atom is 0.256 e. The van der Waals surface area contributed by atoms with Crippen LogP contribution in [0.1, 0.15) is 16.1 Å². The molecule has 1 aromatic carbocycles. The van der Waals surface area contributed by atoms with Gasteiger partial charge in [-0.25, -0.2) is 4.98 Å². The van der Waals surface area contributed by atoms with E-state index in [9.17, 15) is 4.79 Å². The predicted molar refractivity (Wildman–Crippen MR) is 106 cm³/mol. The number of anilines is 1. The van der Waals surface area contributed by atoms with E-state index in [0.29, 0.717) is 58.5 Å². The van der Waals surface area contributed by atoms with Crippen LogP contribution < -0.4 is 14.8 Å². The van der Waals surface area contributed by atoms with Gasteiger partial charge in [-0.2, -0.15) is 5.10 Å². The van der Waals surface area contributed by atoms with Crippen molar-refractivity contribution in [1.29, 1.82) is 0 Å². The number of hydrogen-bond donors (Lipinski definition) is 1. The van der Waals surface area contributed by atoms with E-state index in [4.69, 9.17) is 13.9 Å². The van der Waals surface area contributed by atoms with Crippen molar-refractivity contribution in [2.45, 2.75) is 6.92 Å². The van der Waals surface area contributed by atoms with Crippen molar-refractivity contribution in [1.82, 2.24) is 14.8 Å². The SMILES string of the molecule is Cc1nn(C)c2nc(-c3ccco3)cc(C(=O)Nc3ccc4c(c3)OCCO4)c12. The second kappa shape index (κ2) is 6.66. The summed E-state index contributed by atoms with van der Waals surface area (Å²) in [4.78, 5) is 17.8. The lowest BCUT2D eigenvalue weighted by Gasteiger charge is -2.19. The first-order chi connectivity index (χ1) is 14.1. The van der Waals surface area contributed by atoms with Crippen LogP contribution in [0.25, 0.3) is 22.5 Å². The number of nitrogens with one attached hydrogen (secondary N) is 1. The van der Waals surface area contributed by atoms with Gasteiger partial charge >= 0.3 is 0 Å². The number of fused-ring (bicyclic) bond motifs is 2. The quantitative estimate of drug-likeness (QED) is 0.575. The fourth-order valence-corrected chi connectivity index (χ4v) is 3.49. The molecule has 0 atom stereocenters. The van der Waals surface area contributed by atoms with Gasteiger partial charge in [0.25, 0.3) is 5.91 Å². The fraction of sp³-hybridized carbons (Fsp3) is 0.190. The molecule has 0 fully saturated rings. The van der Waals surface area contributed by atoms with Crippen LogP contribution in [0.2, 0.25) is 0 Å². The summed E-state index contributed by atoms with van der Waals surface area (Å²) in [6, 6.07) is 10.6. The maximum atomic E-state index is 13.2. The molecule has 1 amide bonds. The lowest BCUT2D eigenvalue weighted by Crippen LogP contribution is -2.16. The number of nitrogens with zero attached hydrogens (tertiary/aromatic N) is 3. The number of carbonyl (C=O) groups excluding carboxylic acids is 1. The van der Waals surface area contributed by atoms with Crippen LogP contribution >= 0.6 is 0 Å². The number of furan rings is 1. The third-order valence-corrected chi connectivity index (χ3v) is 4.79. The zero-order valence-electron chi connectivity index (χ0n) is 15.9. The monoisotopic (exact) mass is 390 g/mol. The second-order valence-electron chi connectivity index (χ2n) is 6.75. The Morgan fingerprint density at radius 3 is 2.76 bits per heavy atom. The van der Waals surface area contributed by atoms with Gasteiger partial charge in [0.05, 0.1) is 22.9 Å². The highest BCUT2D eigenvalue weighted by molar-refractivity contribution is 6.13. The molecule has 29 heavy (non-hydrogen) atoms. The van der Waals surface area contributed by atoms with Crippen LogP contribution in [0.4, 0.5) is 5.69 Å². The minimum atomic E-state index is -0.266. The van der Waals surface area contributed by atoms with Crippen molar-refractivity contribution >= 4 is 22.6 Å². The lowest BCUT2D eigenvalue weighted by molar-refractivity contribution is 0.102. The molecule has 1 N–H and O–H groups in total. The van der Waals surface area contributed by atoms with Crippen molar-refractivity contribution in [2.24, 2.45) is 7.05 Å². The molecule has 0 unspecified atom stereocenters. The Kier molecular flexibility index (Phi) is 3.97. The average Bonchev–Trinajstić information content (AvgIpc) is 3.36. The first-order valence-corrected chi connectivity index (χ1v) is 9.19. The Morgan fingerprint density at radius 2 is 1.97 bits per heavy atom. The van der Waals surface area contributed by atoms with Gasteiger partial charge in [0.15, 0.2) is 22.9 Å². The normalized spacial score (nSPS) is 12.9. The van der Waals surface area contributed by atoms with Crippen molar-refractivity contribution in [3.05, 3.63) is 53.9 Å². The Balaban J connectivity index is 1.57. The van der Waals surface area contributed by atoms with E-state index in [0.717, 1.165) is 5.69 Å². The minimum absolute atomic E-state index is 0.266. The summed E-state index contributed by atoms with van der Waals surface area (Å²) in [6.07, 6.45) is 1.57. The highest BCUT2D eigenvalue weighted by Crippen LogP contribution is 2.33. The largest absolute Gasteiger partial charge is 0.486 e. The Bertz CT molecular complexity index is 1230. The second-order valence-corrected chi connectivity index (χ2v) is 6.75. The van der Waals surface area contributed by atoms with Crippen molar-refractivity contribution < 1.29 is 18.7 Å². The van der Waals surface area contributed by atoms with Crippen LogP contribution in [-0.2, 0) is 7.05 Å². The van der Waals surface area contributed by atoms with E-state index >= 15 is 0 Å². The highest BCUT2D eigenvalue weighted by atomic mass is 16.6. The molecule has 1 aliphatic rings. The fourth-order valence-electron chi connectivity index (χ4n) is 3.49. The van der Waals surface area contributed by atoms with Gasteiger partial charge < -0.3 is 19.2 Å². The molecule has 0 radical (unpaired) electrons. The summed E-state index contributed by atoms with van der Waals surface area (Å²) >= 11 is 0. The Morgan fingerprint density at radius 1 is 1.14 bits per heavy atom. The van der Waals surface area contributed by atoms with Gasteiger partial charge in [0, 0.05) is 18.8 Å². The molecule has 146 valence electrons. The number of carbonyl (C=O) groups is 1. The highest BCUT2D eigenvalue weighted by Gasteiger charge is 2.21. The Hall–Kier alpha value is -3.81. The molecule has 4 heterocycles. The standard InChI is InChI=1S/C21H18N4O4/c1-12-19-14(11-15(16-4-3-7-27-16)23-20(19)25(2)24-12)21(26)22-13-5-6-17-18(10-13)29-9-8-28-17/h3-7,10-11H,8-9H2,1-2H3,(H,22,26). The van der Waals surface area contributed by atoms with E-state index < -0.39 is 0 Å². The Labute approximate surface area is 166 Å². The number of amides is 1. The van der Waals surface area contributed by atoms with Gasteiger partial charge in [0.2, 0.25) is 0 Å². The molecule has 5 rings (SSSR count). The molecule has 0 saturated carbocycles. The van der Waals surface area contributed by atoms with Crippen LogP contribution in [0.5, 0.6) is 11.5 Å². The number of pyridine rings is 1. The van der Waals surface area contributed by atoms with E-state index in [1.165, 1.54) is 0 Å². The van der Waals surface area contributed by atoms with Gasteiger partial charge in [-0.05, 0) is 37.3 Å². The number of hydrogen-bond acceptors (Lipinski definition) is 6. The van der Waals surface area contributed by atoms with Crippen molar-refractivity contribution in [3.8, 4) is 23.0 Å². The number of aromatic nitrogens is 3. The maximum absolute atomic E-state index is 13.2. The number of rotatable bonds is 3. The van der Waals surface area contributed by atoms with Crippen LogP contribution in [0.3, 0.4) is 0 Å². The van der Waals surface area contributed by atoms with Crippen LogP contribution in [0, 0.1) is 6.92 Å². The topological polar surface area (TPSA) is 91.4 Å². The predicted octanol–water partition coefficient (Wildman–Crippen LogP) is 3.56. The van der Waals surface area contributed by atoms with E-state index in [1.807, 2.05) is 6.92 Å². The van der Waals surface area contributed by atoms with Gasteiger partial charge in [0.1, 0.15) is 18.9 Å². The van der Waals surface area contributed by atoms with Crippen LogP contribution in [-0.4, -0.2) is 33.9 Å². The molecule has 0 saturated heterocycles. The van der Waals surface area contributed by atoms with E-state index in [-0.39, 0.29) is 5.91 Å². The summed E-state index contributed by atoms with van der Waals surface area (Å²) < 4.78 is 18.3.